The van der Waals surface area contributed by atoms with Crippen LogP contribution < -0.4 is 15.3 Å². The fraction of sp³-hybridized carbons (Fsp3) is 0.269. The van der Waals surface area contributed by atoms with E-state index in [1.54, 1.807) is 5.56 Å². The third-order valence-electron chi connectivity index (χ3n) is 13.2. The van der Waals surface area contributed by atoms with Gasteiger partial charge in [-0.2, -0.15) is 0 Å². The molecule has 6 aromatic rings. The van der Waals surface area contributed by atoms with Gasteiger partial charge in [0.1, 0.15) is 0 Å². The Morgan fingerprint density at radius 1 is 0.741 bits per heavy atom. The van der Waals surface area contributed by atoms with E-state index in [1.165, 1.54) is 98.1 Å². The van der Waals surface area contributed by atoms with E-state index in [0.29, 0.717) is 11.8 Å². The van der Waals surface area contributed by atoms with Crippen molar-refractivity contribution in [2.24, 2.45) is 11.3 Å². The summed E-state index contributed by atoms with van der Waals surface area (Å²) in [4.78, 5) is 2.73. The van der Waals surface area contributed by atoms with Crippen molar-refractivity contribution in [3.8, 4) is 5.69 Å². The number of allylic oxidation sites excluding steroid dienone is 4. The summed E-state index contributed by atoms with van der Waals surface area (Å²) in [5, 5.41) is 5.52. The molecule has 10 rings (SSSR count). The van der Waals surface area contributed by atoms with Crippen LogP contribution in [0.5, 0.6) is 0 Å². The molecule has 2 heteroatoms. The lowest BCUT2D eigenvalue weighted by atomic mass is 9.64. The molecule has 0 radical (unpaired) electrons. The summed E-state index contributed by atoms with van der Waals surface area (Å²) in [6.45, 7) is 4.90. The monoisotopic (exact) mass is 702 g/mol. The Labute approximate surface area is 320 Å². The summed E-state index contributed by atoms with van der Waals surface area (Å²) in [6.07, 6.45) is 24.4. The SMILES string of the molecule is CC1C=CC2=CC=CC(N(c3ccc4c5ccccc5n(-c5ccccc5)c4c3)c3ccccc3C3=c4c(C5CCCCC5)cccc4=CCC3)C2(C)C1. The van der Waals surface area contributed by atoms with E-state index in [2.05, 4.69) is 175 Å². The second kappa shape index (κ2) is 13.5. The maximum absolute atomic E-state index is 2.73. The van der Waals surface area contributed by atoms with Crippen LogP contribution in [0.15, 0.2) is 151 Å². The minimum Gasteiger partial charge on any atom is -0.333 e. The summed E-state index contributed by atoms with van der Waals surface area (Å²) in [5.74, 6) is 1.15. The van der Waals surface area contributed by atoms with E-state index in [1.807, 2.05) is 0 Å². The molecule has 0 N–H and O–H groups in total. The van der Waals surface area contributed by atoms with Gasteiger partial charge in [0.15, 0.2) is 0 Å². The van der Waals surface area contributed by atoms with Gasteiger partial charge >= 0.3 is 0 Å². The van der Waals surface area contributed by atoms with Gasteiger partial charge in [-0.05, 0) is 107 Å². The Morgan fingerprint density at radius 2 is 1.54 bits per heavy atom. The standard InChI is InChI=1S/C52H50N2/c1-36-30-31-39-20-15-29-50(52(39,2)35-36)54(41-32-33-45-43-23-9-11-27-47(43)53(49(45)34-41)40-21-7-4-8-22-40)48-28-12-10-24-44(48)46-26-14-19-38-18-13-25-42(51(38)46)37-16-5-3-6-17-37/h4,7-13,15,18-25,27-34,36-37,50H,3,5-6,14,16-17,26,35H2,1-2H3. The highest BCUT2D eigenvalue weighted by Gasteiger charge is 2.44. The highest BCUT2D eigenvalue weighted by Crippen LogP contribution is 2.51. The molecule has 0 spiro atoms. The quantitative estimate of drug-likeness (QED) is 0.168. The molecular weight excluding hydrogens is 653 g/mol. The smallest absolute Gasteiger partial charge is 0.0619 e. The second-order valence-corrected chi connectivity index (χ2v) is 16.6. The second-order valence-electron chi connectivity index (χ2n) is 16.6. The van der Waals surface area contributed by atoms with Crippen LogP contribution in [0.1, 0.15) is 82.3 Å². The zero-order chi connectivity index (χ0) is 36.2. The Kier molecular flexibility index (Phi) is 8.31. The first-order chi connectivity index (χ1) is 26.6. The topological polar surface area (TPSA) is 8.17 Å². The first-order valence-corrected chi connectivity index (χ1v) is 20.5. The molecule has 4 aliphatic rings. The van der Waals surface area contributed by atoms with Crippen molar-refractivity contribution < 1.29 is 0 Å². The molecule has 3 atom stereocenters. The molecule has 0 bridgehead atoms. The van der Waals surface area contributed by atoms with Gasteiger partial charge in [0, 0.05) is 38.8 Å². The maximum atomic E-state index is 2.73. The molecule has 4 aliphatic carbocycles. The Hall–Kier alpha value is -5.34. The van der Waals surface area contributed by atoms with Crippen LogP contribution in [0, 0.1) is 11.3 Å². The number of anilines is 2. The molecule has 5 aromatic carbocycles. The van der Waals surface area contributed by atoms with Crippen LogP contribution in [-0.4, -0.2) is 10.6 Å². The average Bonchev–Trinajstić information content (AvgIpc) is 3.55. The molecule has 2 nitrogen and oxygen atoms in total. The molecule has 1 heterocycles. The van der Waals surface area contributed by atoms with Crippen LogP contribution in [-0.2, 0) is 0 Å². The summed E-state index contributed by atoms with van der Waals surface area (Å²) in [5.41, 5.74) is 12.1. The lowest BCUT2D eigenvalue weighted by molar-refractivity contribution is 0.286. The molecule has 3 unspecified atom stereocenters. The number of benzene rings is 5. The number of aromatic nitrogens is 1. The van der Waals surface area contributed by atoms with Crippen molar-refractivity contribution >= 4 is 44.8 Å². The number of rotatable bonds is 6. The zero-order valence-electron chi connectivity index (χ0n) is 31.7. The van der Waals surface area contributed by atoms with Crippen LogP contribution in [0.25, 0.3) is 39.1 Å². The third kappa shape index (κ3) is 5.45. The van der Waals surface area contributed by atoms with Crippen molar-refractivity contribution in [3.63, 3.8) is 0 Å². The van der Waals surface area contributed by atoms with E-state index < -0.39 is 0 Å². The summed E-state index contributed by atoms with van der Waals surface area (Å²) >= 11 is 0. The Bertz CT molecular complexity index is 2610. The first kappa shape index (κ1) is 33.2. The van der Waals surface area contributed by atoms with Gasteiger partial charge < -0.3 is 9.47 Å². The third-order valence-corrected chi connectivity index (χ3v) is 13.2. The van der Waals surface area contributed by atoms with Gasteiger partial charge in [-0.25, -0.2) is 0 Å². The number of nitrogens with zero attached hydrogens (tertiary/aromatic N) is 2. The lowest BCUT2D eigenvalue weighted by Crippen LogP contribution is -2.47. The van der Waals surface area contributed by atoms with Crippen molar-refractivity contribution in [2.45, 2.75) is 77.2 Å². The minimum atomic E-state index is -0.0622. The molecule has 0 aliphatic heterocycles. The fourth-order valence-electron chi connectivity index (χ4n) is 10.7. The van der Waals surface area contributed by atoms with Crippen molar-refractivity contribution in [2.75, 3.05) is 4.90 Å². The van der Waals surface area contributed by atoms with Gasteiger partial charge in [0.25, 0.3) is 0 Å². The number of hydrogen-bond acceptors (Lipinski definition) is 1. The highest BCUT2D eigenvalue weighted by atomic mass is 15.2. The Morgan fingerprint density at radius 3 is 2.43 bits per heavy atom. The first-order valence-electron chi connectivity index (χ1n) is 20.5. The van der Waals surface area contributed by atoms with E-state index in [9.17, 15) is 0 Å². The van der Waals surface area contributed by atoms with E-state index in [0.717, 1.165) is 19.3 Å². The molecule has 54 heavy (non-hydrogen) atoms. The molecule has 0 amide bonds. The van der Waals surface area contributed by atoms with E-state index >= 15 is 0 Å². The minimum absolute atomic E-state index is 0.0622. The Balaban J connectivity index is 1.25. The maximum Gasteiger partial charge on any atom is 0.0619 e. The molecule has 1 aromatic heterocycles. The summed E-state index contributed by atoms with van der Waals surface area (Å²) in [6, 6.07) is 43.7. The largest absolute Gasteiger partial charge is 0.333 e. The van der Waals surface area contributed by atoms with Crippen molar-refractivity contribution in [1.82, 2.24) is 4.57 Å². The number of hydrogen-bond donors (Lipinski definition) is 0. The predicted molar refractivity (Wildman–Crippen MR) is 229 cm³/mol. The van der Waals surface area contributed by atoms with Crippen molar-refractivity contribution in [3.05, 3.63) is 173 Å². The van der Waals surface area contributed by atoms with Gasteiger partial charge in [-0.15, -0.1) is 0 Å². The van der Waals surface area contributed by atoms with Crippen LogP contribution >= 0.6 is 0 Å². The summed E-state index contributed by atoms with van der Waals surface area (Å²) < 4.78 is 2.46. The normalized spacial score (nSPS) is 22.5. The highest BCUT2D eigenvalue weighted by molar-refractivity contribution is 6.10. The molecule has 0 saturated heterocycles. The molecule has 1 saturated carbocycles. The predicted octanol–water partition coefficient (Wildman–Crippen LogP) is 12.2. The fourth-order valence-corrected chi connectivity index (χ4v) is 10.7. The van der Waals surface area contributed by atoms with Crippen molar-refractivity contribution in [1.29, 1.82) is 0 Å². The van der Waals surface area contributed by atoms with E-state index in [-0.39, 0.29) is 11.5 Å². The number of para-hydroxylation sites is 3. The van der Waals surface area contributed by atoms with Gasteiger partial charge in [-0.1, -0.05) is 148 Å². The molecule has 268 valence electrons. The van der Waals surface area contributed by atoms with E-state index in [4.69, 9.17) is 0 Å². The summed E-state index contributed by atoms with van der Waals surface area (Å²) in [7, 11) is 0. The van der Waals surface area contributed by atoms with Crippen LogP contribution in [0.2, 0.25) is 0 Å². The zero-order valence-corrected chi connectivity index (χ0v) is 31.7. The molecule has 1 fully saturated rings. The van der Waals surface area contributed by atoms with Gasteiger partial charge in [0.2, 0.25) is 0 Å². The van der Waals surface area contributed by atoms with Crippen LogP contribution in [0.3, 0.4) is 0 Å². The number of fused-ring (bicyclic) bond motifs is 5. The van der Waals surface area contributed by atoms with Gasteiger partial charge in [0.05, 0.1) is 17.1 Å². The molecular formula is C52H50N2. The van der Waals surface area contributed by atoms with Crippen LogP contribution in [0.4, 0.5) is 11.4 Å². The average molecular weight is 703 g/mol. The van der Waals surface area contributed by atoms with Gasteiger partial charge in [-0.3, -0.25) is 0 Å². The lowest BCUT2D eigenvalue weighted by Gasteiger charge is -2.49.